The number of rotatable bonds is 6. The second-order valence-corrected chi connectivity index (χ2v) is 10.9. The Balaban J connectivity index is 1.54. The third kappa shape index (κ3) is 5.44. The summed E-state index contributed by atoms with van der Waals surface area (Å²) in [7, 11) is 0. The van der Waals surface area contributed by atoms with E-state index in [1.807, 2.05) is 17.5 Å². The summed E-state index contributed by atoms with van der Waals surface area (Å²) in [5, 5.41) is 6.05. The molecule has 1 amide bonds. The van der Waals surface area contributed by atoms with Crippen LogP contribution in [0, 0.1) is 0 Å². The molecule has 2 aromatic carbocycles. The molecule has 2 N–H and O–H groups in total. The SMILES string of the molecule is CC(Sc1nc2scc(-c3ccc(C(C)C)cc3)c2c(=O)[nH]1)C(=O)Nc1cc(Cl)cc(Cl)c1. The fraction of sp³-hybridized carbons (Fsp3) is 0.208. The van der Waals surface area contributed by atoms with Gasteiger partial charge in [-0.05, 0) is 42.2 Å². The highest BCUT2D eigenvalue weighted by molar-refractivity contribution is 8.00. The van der Waals surface area contributed by atoms with E-state index in [1.54, 1.807) is 25.1 Å². The first-order valence-electron chi connectivity index (χ1n) is 10.3. The van der Waals surface area contributed by atoms with Gasteiger partial charge in [0.05, 0.1) is 10.6 Å². The fourth-order valence-electron chi connectivity index (χ4n) is 3.34. The van der Waals surface area contributed by atoms with Crippen molar-refractivity contribution in [3.8, 4) is 11.1 Å². The highest BCUT2D eigenvalue weighted by Crippen LogP contribution is 2.33. The number of H-pyrrole nitrogens is 1. The van der Waals surface area contributed by atoms with Crippen LogP contribution in [-0.2, 0) is 4.79 Å². The number of thioether (sulfide) groups is 1. The number of thiophene rings is 1. The Labute approximate surface area is 209 Å². The summed E-state index contributed by atoms with van der Waals surface area (Å²) in [6.07, 6.45) is 0. The first-order chi connectivity index (χ1) is 15.7. The first kappa shape index (κ1) is 23.8. The molecule has 0 saturated carbocycles. The summed E-state index contributed by atoms with van der Waals surface area (Å²) in [6, 6.07) is 13.1. The molecule has 170 valence electrons. The van der Waals surface area contributed by atoms with Gasteiger partial charge < -0.3 is 10.3 Å². The van der Waals surface area contributed by atoms with Gasteiger partial charge in [0.2, 0.25) is 5.91 Å². The van der Waals surface area contributed by atoms with Gasteiger partial charge in [0.25, 0.3) is 5.56 Å². The monoisotopic (exact) mass is 517 g/mol. The third-order valence-electron chi connectivity index (χ3n) is 5.10. The van der Waals surface area contributed by atoms with Gasteiger partial charge in [0.1, 0.15) is 4.83 Å². The predicted molar refractivity (Wildman–Crippen MR) is 140 cm³/mol. The van der Waals surface area contributed by atoms with E-state index in [1.165, 1.54) is 28.7 Å². The number of carbonyl (C=O) groups excluding carboxylic acids is 1. The maximum atomic E-state index is 12.9. The van der Waals surface area contributed by atoms with Crippen LogP contribution < -0.4 is 10.9 Å². The molecule has 0 aliphatic rings. The minimum atomic E-state index is -0.508. The lowest BCUT2D eigenvalue weighted by atomic mass is 9.99. The van der Waals surface area contributed by atoms with Crippen molar-refractivity contribution >= 4 is 68.1 Å². The van der Waals surface area contributed by atoms with E-state index >= 15 is 0 Å². The number of hydrogen-bond acceptors (Lipinski definition) is 5. The number of amides is 1. The molecule has 1 unspecified atom stereocenters. The Kier molecular flexibility index (Phi) is 7.14. The van der Waals surface area contributed by atoms with Crippen LogP contribution in [0.25, 0.3) is 21.3 Å². The molecule has 0 fully saturated rings. The summed E-state index contributed by atoms with van der Waals surface area (Å²) in [6.45, 7) is 6.04. The Hall–Kier alpha value is -2.32. The van der Waals surface area contributed by atoms with E-state index in [0.717, 1.165) is 11.1 Å². The second kappa shape index (κ2) is 9.89. The van der Waals surface area contributed by atoms with Gasteiger partial charge in [0, 0.05) is 26.7 Å². The van der Waals surface area contributed by atoms with Crippen molar-refractivity contribution in [1.82, 2.24) is 9.97 Å². The minimum Gasteiger partial charge on any atom is -0.325 e. The Morgan fingerprint density at radius 1 is 1.09 bits per heavy atom. The standard InChI is InChI=1S/C24H21Cl2N3O2S2/c1-12(2)14-4-6-15(7-5-14)19-11-32-23-20(19)22(31)28-24(29-23)33-13(3)21(30)27-18-9-16(25)8-17(26)10-18/h4-13H,1-3H3,(H,27,30)(H,28,29,31). The van der Waals surface area contributed by atoms with Crippen LogP contribution in [0.1, 0.15) is 32.3 Å². The Morgan fingerprint density at radius 2 is 1.76 bits per heavy atom. The van der Waals surface area contributed by atoms with Crippen LogP contribution in [0.4, 0.5) is 5.69 Å². The molecule has 0 radical (unpaired) electrons. The average Bonchev–Trinajstić information content (AvgIpc) is 3.17. The van der Waals surface area contributed by atoms with Gasteiger partial charge in [-0.2, -0.15) is 0 Å². The van der Waals surface area contributed by atoms with Gasteiger partial charge in [-0.3, -0.25) is 9.59 Å². The summed E-state index contributed by atoms with van der Waals surface area (Å²) in [5.74, 6) is 0.191. The van der Waals surface area contributed by atoms with Crippen LogP contribution in [0.5, 0.6) is 0 Å². The molecule has 5 nitrogen and oxygen atoms in total. The summed E-state index contributed by atoms with van der Waals surface area (Å²) in [5.41, 5.74) is 3.37. The number of benzene rings is 2. The molecule has 2 aromatic heterocycles. The van der Waals surface area contributed by atoms with E-state index in [-0.39, 0.29) is 11.5 Å². The maximum absolute atomic E-state index is 12.9. The van der Waals surface area contributed by atoms with Gasteiger partial charge >= 0.3 is 0 Å². The van der Waals surface area contributed by atoms with Crippen molar-refractivity contribution in [1.29, 1.82) is 0 Å². The smallest absolute Gasteiger partial charge is 0.260 e. The lowest BCUT2D eigenvalue weighted by Crippen LogP contribution is -2.23. The summed E-state index contributed by atoms with van der Waals surface area (Å²) in [4.78, 5) is 33.6. The number of hydrogen-bond donors (Lipinski definition) is 2. The van der Waals surface area contributed by atoms with Crippen LogP contribution in [-0.4, -0.2) is 21.1 Å². The van der Waals surface area contributed by atoms with Gasteiger partial charge in [-0.15, -0.1) is 11.3 Å². The highest BCUT2D eigenvalue weighted by Gasteiger charge is 2.19. The molecule has 4 aromatic rings. The molecule has 0 aliphatic heterocycles. The van der Waals surface area contributed by atoms with Crippen molar-refractivity contribution < 1.29 is 4.79 Å². The maximum Gasteiger partial charge on any atom is 0.260 e. The molecule has 0 aliphatic carbocycles. The van der Waals surface area contributed by atoms with Crippen LogP contribution in [0.2, 0.25) is 10.0 Å². The molecule has 0 spiro atoms. The zero-order valence-corrected chi connectivity index (χ0v) is 21.3. The van der Waals surface area contributed by atoms with Gasteiger partial charge in [0.15, 0.2) is 5.16 Å². The van der Waals surface area contributed by atoms with E-state index < -0.39 is 5.25 Å². The van der Waals surface area contributed by atoms with Crippen LogP contribution in [0.3, 0.4) is 0 Å². The number of nitrogens with one attached hydrogen (secondary N) is 2. The molecule has 2 heterocycles. The van der Waals surface area contributed by atoms with Crippen LogP contribution >= 0.6 is 46.3 Å². The molecule has 0 saturated heterocycles. The van der Waals surface area contributed by atoms with E-state index in [0.29, 0.717) is 37.0 Å². The number of fused-ring (bicyclic) bond motifs is 1. The number of halogens is 2. The number of carbonyl (C=O) groups is 1. The number of anilines is 1. The second-order valence-electron chi connectivity index (χ2n) is 7.88. The first-order valence-corrected chi connectivity index (χ1v) is 12.8. The lowest BCUT2D eigenvalue weighted by molar-refractivity contribution is -0.115. The topological polar surface area (TPSA) is 74.8 Å². The minimum absolute atomic E-state index is 0.221. The molecule has 33 heavy (non-hydrogen) atoms. The van der Waals surface area contributed by atoms with E-state index in [9.17, 15) is 9.59 Å². The molecule has 9 heteroatoms. The zero-order valence-electron chi connectivity index (χ0n) is 18.1. The van der Waals surface area contributed by atoms with Crippen molar-refractivity contribution in [3.05, 3.63) is 73.8 Å². The Bertz CT molecular complexity index is 1360. The average molecular weight is 518 g/mol. The van der Waals surface area contributed by atoms with Crippen molar-refractivity contribution in [2.45, 2.75) is 37.1 Å². The number of aromatic amines is 1. The van der Waals surface area contributed by atoms with Crippen molar-refractivity contribution in [2.24, 2.45) is 0 Å². The number of nitrogens with zero attached hydrogens (tertiary/aromatic N) is 1. The lowest BCUT2D eigenvalue weighted by Gasteiger charge is -2.12. The van der Waals surface area contributed by atoms with E-state index in [2.05, 4.69) is 41.3 Å². The zero-order chi connectivity index (χ0) is 23.7. The molecule has 4 rings (SSSR count). The largest absolute Gasteiger partial charge is 0.325 e. The summed E-state index contributed by atoms with van der Waals surface area (Å²) >= 11 is 14.6. The van der Waals surface area contributed by atoms with Gasteiger partial charge in [-0.1, -0.05) is 73.1 Å². The van der Waals surface area contributed by atoms with E-state index in [4.69, 9.17) is 23.2 Å². The molecular formula is C24H21Cl2N3O2S2. The fourth-order valence-corrected chi connectivity index (χ4v) is 5.66. The normalized spacial score (nSPS) is 12.3. The molecular weight excluding hydrogens is 497 g/mol. The molecule has 0 bridgehead atoms. The summed E-state index contributed by atoms with van der Waals surface area (Å²) < 4.78 is 0. The number of aromatic nitrogens is 2. The highest BCUT2D eigenvalue weighted by atomic mass is 35.5. The predicted octanol–water partition coefficient (Wildman–Crippen LogP) is 7.20. The van der Waals surface area contributed by atoms with Crippen molar-refractivity contribution in [3.63, 3.8) is 0 Å². The van der Waals surface area contributed by atoms with Crippen molar-refractivity contribution in [2.75, 3.05) is 5.32 Å². The quantitative estimate of drug-likeness (QED) is 0.209. The Morgan fingerprint density at radius 3 is 2.39 bits per heavy atom. The third-order valence-corrected chi connectivity index (χ3v) is 7.39. The van der Waals surface area contributed by atoms with Crippen LogP contribution in [0.15, 0.2) is 57.8 Å². The van der Waals surface area contributed by atoms with Gasteiger partial charge in [-0.25, -0.2) is 4.98 Å². The molecule has 1 atom stereocenters.